The van der Waals surface area contributed by atoms with Gasteiger partial charge in [-0.2, -0.15) is 0 Å². The lowest BCUT2D eigenvalue weighted by Crippen LogP contribution is -2.19. The van der Waals surface area contributed by atoms with Crippen molar-refractivity contribution in [2.75, 3.05) is 6.61 Å². The van der Waals surface area contributed by atoms with Crippen LogP contribution < -0.4 is 5.32 Å². The molecule has 1 amide bonds. The van der Waals surface area contributed by atoms with Crippen LogP contribution in [0.4, 0.5) is 4.79 Å². The molecule has 1 saturated heterocycles. The van der Waals surface area contributed by atoms with E-state index in [-0.39, 0.29) is 12.1 Å². The predicted molar refractivity (Wildman–Crippen MR) is 50.2 cm³/mol. The molecule has 1 atom stereocenters. The summed E-state index contributed by atoms with van der Waals surface area (Å²) in [5, 5.41) is 2.71. The highest BCUT2D eigenvalue weighted by atomic mass is 16.6. The molecule has 1 aliphatic rings. The standard InChI is InChI=1S/C9H8N4O2/c14-9-12-6(5-15-9)7-3-11-8-4-10-1-2-13(7)8/h1-4,6H,5H2,(H,12,14). The minimum Gasteiger partial charge on any atom is -0.447 e. The molecule has 6 heteroatoms. The summed E-state index contributed by atoms with van der Waals surface area (Å²) in [4.78, 5) is 19.1. The van der Waals surface area contributed by atoms with Crippen molar-refractivity contribution in [2.45, 2.75) is 6.04 Å². The van der Waals surface area contributed by atoms with Crippen molar-refractivity contribution in [2.24, 2.45) is 0 Å². The van der Waals surface area contributed by atoms with E-state index in [1.165, 1.54) is 0 Å². The third kappa shape index (κ3) is 1.22. The predicted octanol–water partition coefficient (Wildman–Crippen LogP) is 0.510. The van der Waals surface area contributed by atoms with Crippen molar-refractivity contribution in [1.29, 1.82) is 0 Å². The summed E-state index contributed by atoms with van der Waals surface area (Å²) in [5.74, 6) is 0. The highest BCUT2D eigenvalue weighted by Gasteiger charge is 2.26. The van der Waals surface area contributed by atoms with Crippen LogP contribution in [0.1, 0.15) is 11.7 Å². The second kappa shape index (κ2) is 2.94. The maximum atomic E-state index is 10.9. The van der Waals surface area contributed by atoms with E-state index in [9.17, 15) is 4.79 Å². The zero-order valence-corrected chi connectivity index (χ0v) is 7.75. The van der Waals surface area contributed by atoms with Gasteiger partial charge in [0.2, 0.25) is 0 Å². The molecule has 1 aliphatic heterocycles. The third-order valence-electron chi connectivity index (χ3n) is 2.38. The lowest BCUT2D eigenvalue weighted by molar-refractivity contribution is 0.177. The summed E-state index contributed by atoms with van der Waals surface area (Å²) in [6.45, 7) is 0.342. The number of fused-ring (bicyclic) bond motifs is 1. The minimum atomic E-state index is -0.385. The molecular formula is C9H8N4O2. The van der Waals surface area contributed by atoms with Gasteiger partial charge in [-0.05, 0) is 0 Å². The summed E-state index contributed by atoms with van der Waals surface area (Å²) in [6, 6.07) is -0.130. The van der Waals surface area contributed by atoms with Crippen molar-refractivity contribution < 1.29 is 9.53 Å². The van der Waals surface area contributed by atoms with Gasteiger partial charge in [0.15, 0.2) is 5.65 Å². The van der Waals surface area contributed by atoms with Gasteiger partial charge in [0.1, 0.15) is 12.6 Å². The fourth-order valence-electron chi connectivity index (χ4n) is 1.66. The van der Waals surface area contributed by atoms with E-state index in [0.717, 1.165) is 11.3 Å². The van der Waals surface area contributed by atoms with Gasteiger partial charge in [-0.1, -0.05) is 0 Å². The van der Waals surface area contributed by atoms with Crippen LogP contribution in [0, 0.1) is 0 Å². The number of cyclic esters (lactones) is 1. The molecule has 6 nitrogen and oxygen atoms in total. The van der Waals surface area contributed by atoms with Crippen molar-refractivity contribution >= 4 is 11.7 Å². The molecular weight excluding hydrogens is 196 g/mol. The highest BCUT2D eigenvalue weighted by Crippen LogP contribution is 2.18. The van der Waals surface area contributed by atoms with Gasteiger partial charge in [0, 0.05) is 12.4 Å². The van der Waals surface area contributed by atoms with Gasteiger partial charge in [-0.3, -0.25) is 9.38 Å². The van der Waals surface area contributed by atoms with Crippen LogP contribution in [0.5, 0.6) is 0 Å². The molecule has 0 aromatic carbocycles. The smallest absolute Gasteiger partial charge is 0.407 e. The zero-order valence-electron chi connectivity index (χ0n) is 7.75. The summed E-state index contributed by atoms with van der Waals surface area (Å²) in [6.07, 6.45) is 6.49. The minimum absolute atomic E-state index is 0.130. The van der Waals surface area contributed by atoms with Gasteiger partial charge in [0.25, 0.3) is 0 Å². The van der Waals surface area contributed by atoms with Crippen LogP contribution in [0.2, 0.25) is 0 Å². The fraction of sp³-hybridized carbons (Fsp3) is 0.222. The average molecular weight is 204 g/mol. The van der Waals surface area contributed by atoms with Crippen LogP contribution in [0.3, 0.4) is 0 Å². The van der Waals surface area contributed by atoms with Crippen molar-refractivity contribution in [1.82, 2.24) is 19.7 Å². The third-order valence-corrected chi connectivity index (χ3v) is 2.38. The first-order chi connectivity index (χ1) is 7.34. The van der Waals surface area contributed by atoms with Gasteiger partial charge in [-0.15, -0.1) is 0 Å². The molecule has 0 bridgehead atoms. The normalized spacial score (nSPS) is 20.3. The molecule has 0 aliphatic carbocycles. The van der Waals surface area contributed by atoms with Crippen LogP contribution in [0.25, 0.3) is 5.65 Å². The Morgan fingerprint density at radius 1 is 1.53 bits per heavy atom. The molecule has 15 heavy (non-hydrogen) atoms. The van der Waals surface area contributed by atoms with Gasteiger partial charge in [0.05, 0.1) is 18.1 Å². The molecule has 1 unspecified atom stereocenters. The van der Waals surface area contributed by atoms with E-state index in [2.05, 4.69) is 15.3 Å². The van der Waals surface area contributed by atoms with E-state index in [4.69, 9.17) is 4.74 Å². The summed E-state index contributed by atoms with van der Waals surface area (Å²) < 4.78 is 6.71. The van der Waals surface area contributed by atoms with Crippen molar-refractivity contribution in [3.05, 3.63) is 30.5 Å². The van der Waals surface area contributed by atoms with Crippen LogP contribution in [-0.4, -0.2) is 27.1 Å². The van der Waals surface area contributed by atoms with Gasteiger partial charge >= 0.3 is 6.09 Å². The Morgan fingerprint density at radius 2 is 2.47 bits per heavy atom. The summed E-state index contributed by atoms with van der Waals surface area (Å²) >= 11 is 0. The number of hydrogen-bond acceptors (Lipinski definition) is 4. The Hall–Kier alpha value is -2.11. The molecule has 1 N–H and O–H groups in total. The number of alkyl carbamates (subject to hydrolysis) is 1. The lowest BCUT2D eigenvalue weighted by Gasteiger charge is -2.05. The van der Waals surface area contributed by atoms with Crippen LogP contribution in [-0.2, 0) is 4.74 Å². The molecule has 3 rings (SSSR count). The number of hydrogen-bond donors (Lipinski definition) is 1. The highest BCUT2D eigenvalue weighted by molar-refractivity contribution is 5.70. The maximum Gasteiger partial charge on any atom is 0.407 e. The lowest BCUT2D eigenvalue weighted by atomic mass is 10.2. The Bertz CT molecular complexity index is 522. The van der Waals surface area contributed by atoms with Crippen LogP contribution >= 0.6 is 0 Å². The van der Waals surface area contributed by atoms with Gasteiger partial charge < -0.3 is 10.1 Å². The number of nitrogens with one attached hydrogen (secondary N) is 1. The Kier molecular flexibility index (Phi) is 1.61. The van der Waals surface area contributed by atoms with E-state index >= 15 is 0 Å². The largest absolute Gasteiger partial charge is 0.447 e. The molecule has 2 aromatic heterocycles. The number of carbonyl (C=O) groups excluding carboxylic acids is 1. The molecule has 0 radical (unpaired) electrons. The monoisotopic (exact) mass is 204 g/mol. The number of carbonyl (C=O) groups is 1. The Balaban J connectivity index is 2.07. The molecule has 1 fully saturated rings. The van der Waals surface area contributed by atoms with E-state index in [0.29, 0.717) is 6.61 Å². The fourth-order valence-corrected chi connectivity index (χ4v) is 1.66. The average Bonchev–Trinajstić information content (AvgIpc) is 2.83. The Labute approximate surface area is 84.9 Å². The van der Waals surface area contributed by atoms with Gasteiger partial charge in [-0.25, -0.2) is 9.78 Å². The topological polar surface area (TPSA) is 68.5 Å². The molecule has 3 heterocycles. The zero-order chi connectivity index (χ0) is 10.3. The second-order valence-electron chi connectivity index (χ2n) is 3.28. The first-order valence-corrected chi connectivity index (χ1v) is 4.55. The van der Waals surface area contributed by atoms with E-state index in [1.54, 1.807) is 18.6 Å². The number of amides is 1. The first kappa shape index (κ1) is 8.22. The first-order valence-electron chi connectivity index (χ1n) is 4.55. The molecule has 2 aromatic rings. The molecule has 0 saturated carbocycles. The SMILES string of the molecule is O=C1NC(c2cnc3cnccn23)CO1. The number of imidazole rings is 1. The summed E-state index contributed by atoms with van der Waals surface area (Å²) in [7, 11) is 0. The van der Waals surface area contributed by atoms with E-state index in [1.807, 2.05) is 10.6 Å². The van der Waals surface area contributed by atoms with Crippen LogP contribution in [0.15, 0.2) is 24.8 Å². The summed E-state index contributed by atoms with van der Waals surface area (Å²) in [5.41, 5.74) is 1.66. The number of aromatic nitrogens is 3. The Morgan fingerprint density at radius 3 is 3.27 bits per heavy atom. The number of rotatable bonds is 1. The second-order valence-corrected chi connectivity index (χ2v) is 3.28. The maximum absolute atomic E-state index is 10.9. The number of ether oxygens (including phenoxy) is 1. The quantitative estimate of drug-likeness (QED) is 0.734. The van der Waals surface area contributed by atoms with Crippen molar-refractivity contribution in [3.63, 3.8) is 0 Å². The number of nitrogens with zero attached hydrogens (tertiary/aromatic N) is 3. The van der Waals surface area contributed by atoms with E-state index < -0.39 is 0 Å². The van der Waals surface area contributed by atoms with Crippen molar-refractivity contribution in [3.8, 4) is 0 Å². The molecule has 0 spiro atoms. The molecule has 76 valence electrons.